The van der Waals surface area contributed by atoms with Crippen LogP contribution in [0.4, 0.5) is 16.3 Å². The molecule has 1 atom stereocenters. The molecule has 2 fully saturated rings. The van der Waals surface area contributed by atoms with Crippen LogP contribution in [0.25, 0.3) is 10.9 Å². The lowest BCUT2D eigenvalue weighted by atomic mass is 10.1. The number of morpholine rings is 1. The average molecular weight is 564 g/mol. The molecule has 2 aliphatic rings. The Kier molecular flexibility index (Phi) is 8.79. The first kappa shape index (κ1) is 28.9. The van der Waals surface area contributed by atoms with Crippen LogP contribution in [-0.2, 0) is 32.1 Å². The van der Waals surface area contributed by atoms with Gasteiger partial charge >= 0.3 is 6.09 Å². The van der Waals surface area contributed by atoms with Gasteiger partial charge in [-0.2, -0.15) is 5.10 Å². The topological polar surface area (TPSA) is 98.2 Å². The Morgan fingerprint density at radius 1 is 1.15 bits per heavy atom. The summed E-state index contributed by atoms with van der Waals surface area (Å²) in [7, 11) is 1.70. The van der Waals surface area contributed by atoms with Gasteiger partial charge in [0, 0.05) is 50.5 Å². The van der Waals surface area contributed by atoms with E-state index in [0.29, 0.717) is 32.8 Å². The van der Waals surface area contributed by atoms with Crippen LogP contribution in [0.3, 0.4) is 0 Å². The van der Waals surface area contributed by atoms with E-state index < -0.39 is 17.8 Å². The quantitative estimate of drug-likeness (QED) is 0.349. The molecule has 0 bridgehead atoms. The van der Waals surface area contributed by atoms with Crippen LogP contribution < -0.4 is 5.32 Å². The standard InChI is InChI=1S/C31H41N5O5/c1-31(2,3)41-30(38)34-16-18-40-27(21-34)29(37)35(24-12-13-24)20-22-11-14-25-26(19-22)36(15-8-17-39-4)33-28(25)32-23-9-6-5-7-10-23/h5-7,9-11,14,19,24,27H,8,12-13,15-18,20-21H2,1-4H3,(H,32,33)/t27-/m1/s1. The highest BCUT2D eigenvalue weighted by Gasteiger charge is 2.39. The Balaban J connectivity index is 1.35. The zero-order chi connectivity index (χ0) is 29.0. The number of hydrogen-bond donors (Lipinski definition) is 1. The normalized spacial score (nSPS) is 17.5. The van der Waals surface area contributed by atoms with E-state index in [4.69, 9.17) is 19.3 Å². The van der Waals surface area contributed by atoms with Gasteiger partial charge in [0.05, 0.1) is 18.7 Å². The second-order valence-electron chi connectivity index (χ2n) is 11.7. The van der Waals surface area contributed by atoms with Gasteiger partial charge in [0.2, 0.25) is 0 Å². The maximum atomic E-state index is 13.7. The number of methoxy groups -OCH3 is 1. The molecule has 2 amide bonds. The minimum atomic E-state index is -0.707. The van der Waals surface area contributed by atoms with Crippen molar-refractivity contribution in [3.63, 3.8) is 0 Å². The number of carbonyl (C=O) groups excluding carboxylic acids is 2. The van der Waals surface area contributed by atoms with Gasteiger partial charge in [-0.15, -0.1) is 0 Å². The molecule has 1 aliphatic heterocycles. The largest absolute Gasteiger partial charge is 0.444 e. The van der Waals surface area contributed by atoms with Gasteiger partial charge < -0.3 is 29.3 Å². The molecular formula is C31H41N5O5. The summed E-state index contributed by atoms with van der Waals surface area (Å²) < 4.78 is 18.7. The van der Waals surface area contributed by atoms with Crippen molar-refractivity contribution >= 4 is 34.4 Å². The number of benzene rings is 2. The summed E-state index contributed by atoms with van der Waals surface area (Å²) in [6.45, 7) is 8.24. The van der Waals surface area contributed by atoms with Crippen LogP contribution in [0.2, 0.25) is 0 Å². The third-order valence-corrected chi connectivity index (χ3v) is 7.19. The fourth-order valence-electron chi connectivity index (χ4n) is 5.04. The first-order valence-electron chi connectivity index (χ1n) is 14.4. The van der Waals surface area contributed by atoms with Crippen LogP contribution in [0, 0.1) is 0 Å². The first-order valence-corrected chi connectivity index (χ1v) is 14.4. The lowest BCUT2D eigenvalue weighted by molar-refractivity contribution is -0.150. The minimum absolute atomic E-state index is 0.0825. The highest BCUT2D eigenvalue weighted by Crippen LogP contribution is 2.32. The molecule has 41 heavy (non-hydrogen) atoms. The van der Waals surface area contributed by atoms with Crippen LogP contribution in [0.15, 0.2) is 48.5 Å². The molecule has 0 radical (unpaired) electrons. The van der Waals surface area contributed by atoms with Crippen molar-refractivity contribution in [2.75, 3.05) is 38.7 Å². The molecule has 1 aromatic heterocycles. The lowest BCUT2D eigenvalue weighted by Crippen LogP contribution is -2.53. The first-order chi connectivity index (χ1) is 19.7. The number of para-hydroxylation sites is 1. The molecule has 10 heteroatoms. The van der Waals surface area contributed by atoms with Crippen LogP contribution >= 0.6 is 0 Å². The molecule has 0 unspecified atom stereocenters. The van der Waals surface area contributed by atoms with Gasteiger partial charge in [-0.25, -0.2) is 4.79 Å². The molecule has 0 spiro atoms. The third kappa shape index (κ3) is 7.37. The van der Waals surface area contributed by atoms with E-state index in [1.165, 1.54) is 0 Å². The number of aromatic nitrogens is 2. The molecule has 5 rings (SSSR count). The maximum Gasteiger partial charge on any atom is 0.410 e. The van der Waals surface area contributed by atoms with Crippen molar-refractivity contribution in [1.29, 1.82) is 0 Å². The molecule has 10 nitrogen and oxygen atoms in total. The highest BCUT2D eigenvalue weighted by molar-refractivity contribution is 5.92. The van der Waals surface area contributed by atoms with Crippen LogP contribution in [0.5, 0.6) is 0 Å². The van der Waals surface area contributed by atoms with Gasteiger partial charge in [0.25, 0.3) is 5.91 Å². The summed E-state index contributed by atoms with van der Waals surface area (Å²) >= 11 is 0. The molecule has 1 N–H and O–H groups in total. The number of hydrogen-bond acceptors (Lipinski definition) is 7. The van der Waals surface area contributed by atoms with Crippen molar-refractivity contribution < 1.29 is 23.8 Å². The number of carbonyl (C=O) groups is 2. The van der Waals surface area contributed by atoms with Crippen molar-refractivity contribution in [2.45, 2.75) is 70.9 Å². The number of amides is 2. The van der Waals surface area contributed by atoms with Crippen molar-refractivity contribution in [1.82, 2.24) is 19.6 Å². The Hall–Kier alpha value is -3.63. The van der Waals surface area contributed by atoms with Gasteiger partial charge in [0.15, 0.2) is 11.9 Å². The van der Waals surface area contributed by atoms with E-state index in [2.05, 4.69) is 23.5 Å². The molecule has 1 aliphatic carbocycles. The summed E-state index contributed by atoms with van der Waals surface area (Å²) in [5.41, 5.74) is 2.40. The van der Waals surface area contributed by atoms with E-state index in [0.717, 1.165) is 47.2 Å². The van der Waals surface area contributed by atoms with Gasteiger partial charge in [-0.1, -0.05) is 24.3 Å². The predicted molar refractivity (Wildman–Crippen MR) is 157 cm³/mol. The number of ether oxygens (including phenoxy) is 3. The maximum absolute atomic E-state index is 13.7. The van der Waals surface area contributed by atoms with Crippen molar-refractivity contribution in [2.24, 2.45) is 0 Å². The summed E-state index contributed by atoms with van der Waals surface area (Å²) in [6.07, 6.45) is 1.65. The van der Waals surface area contributed by atoms with Gasteiger partial charge in [0.1, 0.15) is 5.60 Å². The Bertz CT molecular complexity index is 1350. The molecule has 3 aromatic rings. The molecule has 1 saturated heterocycles. The monoisotopic (exact) mass is 563 g/mol. The number of nitrogens with one attached hydrogen (secondary N) is 1. The van der Waals surface area contributed by atoms with E-state index in [-0.39, 0.29) is 18.5 Å². The van der Waals surface area contributed by atoms with Crippen molar-refractivity contribution in [3.8, 4) is 0 Å². The van der Waals surface area contributed by atoms with E-state index in [9.17, 15) is 9.59 Å². The van der Waals surface area contributed by atoms with E-state index in [1.54, 1.807) is 12.0 Å². The Labute approximate surface area is 241 Å². The minimum Gasteiger partial charge on any atom is -0.444 e. The van der Waals surface area contributed by atoms with Crippen LogP contribution in [0.1, 0.15) is 45.6 Å². The number of anilines is 2. The average Bonchev–Trinajstić information content (AvgIpc) is 3.74. The fraction of sp³-hybridized carbons (Fsp3) is 0.516. The van der Waals surface area contributed by atoms with Gasteiger partial charge in [-0.05, 0) is 69.9 Å². The SMILES string of the molecule is COCCCn1nc(Nc2ccccc2)c2ccc(CN(C(=O)[C@H]3CN(C(=O)OC(C)(C)C)CCO3)C3CC3)cc21. The summed E-state index contributed by atoms with van der Waals surface area (Å²) in [6, 6.07) is 16.4. The highest BCUT2D eigenvalue weighted by atomic mass is 16.6. The van der Waals surface area contributed by atoms with Crippen LogP contribution in [-0.4, -0.2) is 82.7 Å². The zero-order valence-electron chi connectivity index (χ0n) is 24.5. The van der Waals surface area contributed by atoms with E-state index >= 15 is 0 Å². The predicted octanol–water partition coefficient (Wildman–Crippen LogP) is 4.94. The number of nitrogens with zero attached hydrogens (tertiary/aromatic N) is 4. The number of aryl methyl sites for hydroxylation is 1. The fourth-order valence-corrected chi connectivity index (χ4v) is 5.04. The Morgan fingerprint density at radius 3 is 2.63 bits per heavy atom. The molecule has 220 valence electrons. The molecular weight excluding hydrogens is 522 g/mol. The molecule has 1 saturated carbocycles. The second-order valence-corrected chi connectivity index (χ2v) is 11.7. The summed E-state index contributed by atoms with van der Waals surface area (Å²) in [5.74, 6) is 0.712. The third-order valence-electron chi connectivity index (χ3n) is 7.19. The zero-order valence-corrected chi connectivity index (χ0v) is 24.5. The Morgan fingerprint density at radius 2 is 1.93 bits per heavy atom. The number of fused-ring (bicyclic) bond motifs is 1. The van der Waals surface area contributed by atoms with E-state index in [1.807, 2.05) is 60.7 Å². The second kappa shape index (κ2) is 12.5. The summed E-state index contributed by atoms with van der Waals surface area (Å²) in [5, 5.41) is 9.35. The summed E-state index contributed by atoms with van der Waals surface area (Å²) in [4.78, 5) is 29.9. The molecule has 2 aromatic carbocycles. The smallest absolute Gasteiger partial charge is 0.410 e. The van der Waals surface area contributed by atoms with Crippen molar-refractivity contribution in [3.05, 3.63) is 54.1 Å². The lowest BCUT2D eigenvalue weighted by Gasteiger charge is -2.36. The van der Waals surface area contributed by atoms with Gasteiger partial charge in [-0.3, -0.25) is 9.48 Å². The molecule has 2 heterocycles. The number of rotatable bonds is 10.